The van der Waals surface area contributed by atoms with Gasteiger partial charge in [-0.2, -0.15) is 0 Å². The van der Waals surface area contributed by atoms with Crippen LogP contribution in [0.25, 0.3) is 0 Å². The number of urea groups is 1. The van der Waals surface area contributed by atoms with Crippen LogP contribution >= 0.6 is 0 Å². The molecular formula is C17H27N3O2. The third-order valence-corrected chi connectivity index (χ3v) is 4.46. The second kappa shape index (κ2) is 7.61. The van der Waals surface area contributed by atoms with Gasteiger partial charge in [0.15, 0.2) is 0 Å². The molecule has 122 valence electrons. The van der Waals surface area contributed by atoms with Crippen LogP contribution in [0.4, 0.5) is 4.79 Å². The van der Waals surface area contributed by atoms with E-state index in [0.29, 0.717) is 13.1 Å². The van der Waals surface area contributed by atoms with Crippen molar-refractivity contribution in [2.45, 2.75) is 25.3 Å². The summed E-state index contributed by atoms with van der Waals surface area (Å²) in [5.41, 5.74) is 1.21. The van der Waals surface area contributed by atoms with E-state index in [2.05, 4.69) is 27.7 Å². The third-order valence-electron chi connectivity index (χ3n) is 4.46. The lowest BCUT2D eigenvalue weighted by molar-refractivity contribution is 0.201. The normalized spacial score (nSPS) is 17.1. The van der Waals surface area contributed by atoms with Gasteiger partial charge in [-0.15, -0.1) is 0 Å². The second-order valence-electron chi connectivity index (χ2n) is 6.53. The summed E-state index contributed by atoms with van der Waals surface area (Å²) in [6.07, 6.45) is 2.89. The second-order valence-corrected chi connectivity index (χ2v) is 6.53. The molecule has 1 aliphatic rings. The van der Waals surface area contributed by atoms with Gasteiger partial charge < -0.3 is 20.6 Å². The molecule has 1 aliphatic carbocycles. The van der Waals surface area contributed by atoms with Gasteiger partial charge in [0.1, 0.15) is 0 Å². The molecule has 1 fully saturated rings. The maximum Gasteiger partial charge on any atom is 0.314 e. The topological polar surface area (TPSA) is 64.6 Å². The van der Waals surface area contributed by atoms with Crippen LogP contribution in [0.3, 0.4) is 0 Å². The molecule has 0 heterocycles. The first-order valence-electron chi connectivity index (χ1n) is 7.88. The summed E-state index contributed by atoms with van der Waals surface area (Å²) in [4.78, 5) is 14.0. The Bertz CT molecular complexity index is 472. The Balaban J connectivity index is 1.75. The number of rotatable bonds is 8. The van der Waals surface area contributed by atoms with Crippen LogP contribution in [-0.2, 0) is 6.42 Å². The minimum atomic E-state index is -0.153. The molecule has 0 bridgehead atoms. The lowest BCUT2D eigenvalue weighted by Gasteiger charge is -2.25. The summed E-state index contributed by atoms with van der Waals surface area (Å²) in [6.45, 7) is 1.31. The number of hydrogen-bond donors (Lipinski definition) is 3. The number of benzene rings is 1. The number of likely N-dealkylation sites (N-methyl/N-ethyl adjacent to an activating group) is 1. The highest BCUT2D eigenvalue weighted by Crippen LogP contribution is 2.44. The minimum absolute atomic E-state index is 0.0532. The maximum absolute atomic E-state index is 11.9. The largest absolute Gasteiger partial charge is 0.396 e. The summed E-state index contributed by atoms with van der Waals surface area (Å²) in [5, 5.41) is 15.0. The van der Waals surface area contributed by atoms with E-state index in [0.717, 1.165) is 19.3 Å². The Kier molecular flexibility index (Phi) is 5.80. The van der Waals surface area contributed by atoms with Crippen molar-refractivity contribution in [2.75, 3.05) is 33.8 Å². The van der Waals surface area contributed by atoms with E-state index in [1.807, 2.05) is 32.3 Å². The highest BCUT2D eigenvalue weighted by molar-refractivity contribution is 5.73. The zero-order chi connectivity index (χ0) is 16.0. The lowest BCUT2D eigenvalue weighted by atomic mass is 10.1. The van der Waals surface area contributed by atoms with Crippen molar-refractivity contribution < 1.29 is 9.90 Å². The van der Waals surface area contributed by atoms with E-state index >= 15 is 0 Å². The molecule has 0 aromatic heterocycles. The molecule has 0 radical (unpaired) electrons. The smallest absolute Gasteiger partial charge is 0.314 e. The maximum atomic E-state index is 11.9. The third kappa shape index (κ3) is 5.00. The number of hydrogen-bond acceptors (Lipinski definition) is 3. The summed E-state index contributed by atoms with van der Waals surface area (Å²) < 4.78 is 0. The van der Waals surface area contributed by atoms with Crippen molar-refractivity contribution in [3.63, 3.8) is 0 Å². The fourth-order valence-corrected chi connectivity index (χ4v) is 2.43. The average Bonchev–Trinajstić information content (AvgIpc) is 3.31. The van der Waals surface area contributed by atoms with Gasteiger partial charge in [0.25, 0.3) is 0 Å². The van der Waals surface area contributed by atoms with Crippen LogP contribution in [-0.4, -0.2) is 55.9 Å². The molecule has 3 N–H and O–H groups in total. The molecule has 0 spiro atoms. The first-order valence-corrected chi connectivity index (χ1v) is 7.88. The molecule has 0 aliphatic heterocycles. The van der Waals surface area contributed by atoms with E-state index in [4.69, 9.17) is 0 Å². The first-order chi connectivity index (χ1) is 10.5. The molecule has 1 atom stereocenters. The summed E-state index contributed by atoms with van der Waals surface area (Å²) in [6, 6.07) is 10.4. The van der Waals surface area contributed by atoms with Crippen molar-refractivity contribution in [1.82, 2.24) is 15.5 Å². The number of nitrogens with one attached hydrogen (secondary N) is 2. The number of carbonyl (C=O) groups excluding carboxylic acids is 1. The molecular weight excluding hydrogens is 278 g/mol. The van der Waals surface area contributed by atoms with Crippen molar-refractivity contribution in [1.29, 1.82) is 0 Å². The quantitative estimate of drug-likeness (QED) is 0.677. The van der Waals surface area contributed by atoms with Crippen molar-refractivity contribution in [2.24, 2.45) is 5.41 Å². The van der Waals surface area contributed by atoms with Crippen LogP contribution in [0.1, 0.15) is 18.4 Å². The standard InChI is InChI=1S/C17H27N3O2/c1-20(2)15(10-14-6-4-3-5-7-14)11-18-16(22)19-12-17(13-21)8-9-17/h3-7,15,21H,8-13H2,1-2H3,(H2,18,19,22). The van der Waals surface area contributed by atoms with Gasteiger partial charge in [0.05, 0.1) is 6.61 Å². The average molecular weight is 305 g/mol. The van der Waals surface area contributed by atoms with Gasteiger partial charge in [-0.3, -0.25) is 0 Å². The number of aliphatic hydroxyl groups is 1. The number of nitrogens with zero attached hydrogens (tertiary/aromatic N) is 1. The zero-order valence-corrected chi connectivity index (χ0v) is 13.5. The van der Waals surface area contributed by atoms with Crippen molar-refractivity contribution in [3.8, 4) is 0 Å². The predicted octanol–water partition coefficient (Wildman–Crippen LogP) is 1.23. The highest BCUT2D eigenvalue weighted by Gasteiger charge is 2.42. The van der Waals surface area contributed by atoms with E-state index in [-0.39, 0.29) is 24.1 Å². The Morgan fingerprint density at radius 2 is 1.95 bits per heavy atom. The molecule has 1 saturated carbocycles. The van der Waals surface area contributed by atoms with Gasteiger partial charge in [0, 0.05) is 24.5 Å². The van der Waals surface area contributed by atoms with Crippen LogP contribution < -0.4 is 10.6 Å². The number of carbonyl (C=O) groups is 1. The number of aliphatic hydroxyl groups excluding tert-OH is 1. The van der Waals surface area contributed by atoms with E-state index in [1.165, 1.54) is 5.56 Å². The molecule has 1 unspecified atom stereocenters. The van der Waals surface area contributed by atoms with E-state index < -0.39 is 0 Å². The van der Waals surface area contributed by atoms with Gasteiger partial charge in [-0.25, -0.2) is 4.79 Å². The summed E-state index contributed by atoms with van der Waals surface area (Å²) in [7, 11) is 4.05. The molecule has 0 saturated heterocycles. The molecule has 2 amide bonds. The molecule has 22 heavy (non-hydrogen) atoms. The molecule has 1 aromatic carbocycles. The Morgan fingerprint density at radius 1 is 1.27 bits per heavy atom. The number of amides is 2. The van der Waals surface area contributed by atoms with E-state index in [9.17, 15) is 9.90 Å². The van der Waals surface area contributed by atoms with E-state index in [1.54, 1.807) is 0 Å². The summed E-state index contributed by atoms with van der Waals surface area (Å²) in [5.74, 6) is 0. The first kappa shape index (κ1) is 16.8. The van der Waals surface area contributed by atoms with Gasteiger partial charge in [-0.05, 0) is 38.9 Å². The van der Waals surface area contributed by atoms with Crippen molar-refractivity contribution in [3.05, 3.63) is 35.9 Å². The molecule has 2 rings (SSSR count). The van der Waals surface area contributed by atoms with Crippen LogP contribution in [0.2, 0.25) is 0 Å². The minimum Gasteiger partial charge on any atom is -0.396 e. The molecule has 5 heteroatoms. The van der Waals surface area contributed by atoms with Gasteiger partial charge in [-0.1, -0.05) is 30.3 Å². The Morgan fingerprint density at radius 3 is 2.50 bits per heavy atom. The molecule has 5 nitrogen and oxygen atoms in total. The van der Waals surface area contributed by atoms with Crippen LogP contribution in [0, 0.1) is 5.41 Å². The fraction of sp³-hybridized carbons (Fsp3) is 0.588. The lowest BCUT2D eigenvalue weighted by Crippen LogP contribution is -2.46. The van der Waals surface area contributed by atoms with Crippen LogP contribution in [0.5, 0.6) is 0 Å². The zero-order valence-electron chi connectivity index (χ0n) is 13.5. The fourth-order valence-electron chi connectivity index (χ4n) is 2.43. The highest BCUT2D eigenvalue weighted by atomic mass is 16.3. The monoisotopic (exact) mass is 305 g/mol. The van der Waals surface area contributed by atoms with Gasteiger partial charge >= 0.3 is 6.03 Å². The Labute approximate surface area is 132 Å². The Hall–Kier alpha value is -1.59. The molecule has 1 aromatic rings. The SMILES string of the molecule is CN(C)C(CNC(=O)NCC1(CO)CC1)Cc1ccccc1. The predicted molar refractivity (Wildman–Crippen MR) is 87.8 cm³/mol. The van der Waals surface area contributed by atoms with Crippen LogP contribution in [0.15, 0.2) is 30.3 Å². The van der Waals surface area contributed by atoms with Crippen molar-refractivity contribution >= 4 is 6.03 Å². The summed E-state index contributed by atoms with van der Waals surface area (Å²) >= 11 is 0. The van der Waals surface area contributed by atoms with Gasteiger partial charge in [0.2, 0.25) is 0 Å².